The highest BCUT2D eigenvalue weighted by molar-refractivity contribution is 7.92. The van der Waals surface area contributed by atoms with Crippen molar-refractivity contribution in [1.29, 1.82) is 0 Å². The predicted molar refractivity (Wildman–Crippen MR) is 145 cm³/mol. The van der Waals surface area contributed by atoms with Gasteiger partial charge in [-0.3, -0.25) is 14.4 Å². The summed E-state index contributed by atoms with van der Waals surface area (Å²) in [5.41, 5.74) is 2.19. The number of methoxy groups -OCH3 is 1. The van der Waals surface area contributed by atoms with E-state index in [1.54, 1.807) is 19.2 Å². The summed E-state index contributed by atoms with van der Waals surface area (Å²) >= 11 is 0. The quantitative estimate of drug-likeness (QED) is 0.548. The van der Waals surface area contributed by atoms with E-state index in [1.807, 2.05) is 35.2 Å². The van der Waals surface area contributed by atoms with Gasteiger partial charge in [-0.15, -0.1) is 0 Å². The largest absolute Gasteiger partial charge is 0.495 e. The van der Waals surface area contributed by atoms with Gasteiger partial charge in [-0.25, -0.2) is 8.42 Å². The number of anilines is 3. The molecule has 1 aliphatic carbocycles. The minimum Gasteiger partial charge on any atom is -0.495 e. The Hall–Kier alpha value is -2.78. The van der Waals surface area contributed by atoms with Gasteiger partial charge in [-0.05, 0) is 37.1 Å². The van der Waals surface area contributed by atoms with Crippen LogP contribution in [0, 0.1) is 5.92 Å². The van der Waals surface area contributed by atoms with Gasteiger partial charge in [-0.1, -0.05) is 43.5 Å². The monoisotopic (exact) mass is 514 g/mol. The topological polar surface area (TPSA) is 82.2 Å². The van der Waals surface area contributed by atoms with Gasteiger partial charge in [0, 0.05) is 45.2 Å². The first-order valence-corrected chi connectivity index (χ1v) is 14.7. The number of nitrogens with one attached hydrogen (secondary N) is 1. The third kappa shape index (κ3) is 6.70. The molecule has 2 aliphatic rings. The summed E-state index contributed by atoms with van der Waals surface area (Å²) in [4.78, 5) is 20.2. The maximum absolute atomic E-state index is 13.7. The Bertz CT molecular complexity index is 1130. The van der Waals surface area contributed by atoms with Crippen molar-refractivity contribution in [1.82, 2.24) is 4.90 Å². The molecule has 1 aliphatic heterocycles. The van der Waals surface area contributed by atoms with Gasteiger partial charge in [0.25, 0.3) is 0 Å². The lowest BCUT2D eigenvalue weighted by Crippen LogP contribution is -2.49. The minimum atomic E-state index is -3.47. The number of piperazine rings is 1. The molecule has 0 radical (unpaired) electrons. The number of hydrogen-bond acceptors (Lipinski definition) is 6. The zero-order valence-electron chi connectivity index (χ0n) is 21.4. The predicted octanol–water partition coefficient (Wildman–Crippen LogP) is 3.80. The van der Waals surface area contributed by atoms with Crippen LogP contribution in [0.3, 0.4) is 0 Å². The molecule has 0 aromatic heterocycles. The number of amides is 1. The molecule has 2 aromatic rings. The van der Waals surface area contributed by atoms with Crippen molar-refractivity contribution in [3.8, 4) is 5.75 Å². The number of sulfonamides is 1. The molecule has 2 aromatic carbocycles. The fourth-order valence-corrected chi connectivity index (χ4v) is 5.83. The van der Waals surface area contributed by atoms with Gasteiger partial charge < -0.3 is 14.5 Å². The summed E-state index contributed by atoms with van der Waals surface area (Å²) < 4.78 is 32.2. The van der Waals surface area contributed by atoms with Crippen molar-refractivity contribution < 1.29 is 17.9 Å². The van der Waals surface area contributed by atoms with Crippen LogP contribution in [-0.2, 0) is 14.8 Å². The van der Waals surface area contributed by atoms with Gasteiger partial charge in [-0.2, -0.15) is 0 Å². The number of rotatable bonds is 9. The molecule has 0 atom stereocenters. The second kappa shape index (κ2) is 12.0. The highest BCUT2D eigenvalue weighted by atomic mass is 32.2. The van der Waals surface area contributed by atoms with Crippen LogP contribution in [-0.4, -0.2) is 71.9 Å². The van der Waals surface area contributed by atoms with E-state index in [2.05, 4.69) is 20.6 Å². The van der Waals surface area contributed by atoms with E-state index >= 15 is 0 Å². The minimum absolute atomic E-state index is 0.00701. The zero-order valence-corrected chi connectivity index (χ0v) is 22.2. The third-order valence-electron chi connectivity index (χ3n) is 7.15. The average Bonchev–Trinajstić information content (AvgIpc) is 2.89. The summed E-state index contributed by atoms with van der Waals surface area (Å²) in [6.07, 6.45) is 6.24. The van der Waals surface area contributed by atoms with Crippen LogP contribution >= 0.6 is 0 Å². The Balaban J connectivity index is 1.47. The maximum Gasteiger partial charge on any atom is 0.230 e. The second-order valence-electron chi connectivity index (χ2n) is 9.72. The normalized spacial score (nSPS) is 17.6. The molecule has 8 nitrogen and oxygen atoms in total. The van der Waals surface area contributed by atoms with E-state index in [9.17, 15) is 13.2 Å². The molecule has 4 rings (SSSR count). The van der Waals surface area contributed by atoms with Crippen LogP contribution in [0.2, 0.25) is 0 Å². The summed E-state index contributed by atoms with van der Waals surface area (Å²) in [6.45, 7) is 4.77. The highest BCUT2D eigenvalue weighted by Gasteiger charge is 2.29. The number of carbonyl (C=O) groups excluding carboxylic acids is 1. The zero-order chi connectivity index (χ0) is 25.5. The Morgan fingerprint density at radius 2 is 1.67 bits per heavy atom. The standard InChI is InChI=1S/C27H38N4O4S/c1-35-26-15-9-8-14-25(26)30-19-16-29(17-20-30)18-21-31(27(32)22-10-4-3-5-11-22)24-13-7-6-12-23(24)28-36(2,33)34/h6-9,12-15,22,28H,3-5,10-11,16-21H2,1-2H3. The molecule has 1 saturated carbocycles. The van der Waals surface area contributed by atoms with Crippen molar-refractivity contribution in [2.45, 2.75) is 32.1 Å². The van der Waals surface area contributed by atoms with Crippen LogP contribution in [0.4, 0.5) is 17.1 Å². The Labute approximate surface area is 215 Å². The molecule has 0 unspecified atom stereocenters. The van der Waals surface area contributed by atoms with Crippen LogP contribution in [0.25, 0.3) is 0 Å². The first-order valence-electron chi connectivity index (χ1n) is 12.8. The third-order valence-corrected chi connectivity index (χ3v) is 7.74. The Kier molecular flexibility index (Phi) is 8.74. The maximum atomic E-state index is 13.7. The van der Waals surface area contributed by atoms with Crippen molar-refractivity contribution in [3.05, 3.63) is 48.5 Å². The molecule has 0 spiro atoms. The van der Waals surface area contributed by atoms with E-state index in [4.69, 9.17) is 4.74 Å². The number of ether oxygens (including phenoxy) is 1. The second-order valence-corrected chi connectivity index (χ2v) is 11.5. The number of nitrogens with zero attached hydrogens (tertiary/aromatic N) is 3. The van der Waals surface area contributed by atoms with Crippen LogP contribution in [0.1, 0.15) is 32.1 Å². The molecule has 196 valence electrons. The van der Waals surface area contributed by atoms with Gasteiger partial charge in [0.2, 0.25) is 15.9 Å². The molecule has 0 bridgehead atoms. The molecule has 1 heterocycles. The molecule has 1 N–H and O–H groups in total. The van der Waals surface area contributed by atoms with Gasteiger partial charge in [0.1, 0.15) is 5.75 Å². The van der Waals surface area contributed by atoms with Crippen molar-refractivity contribution in [2.75, 3.05) is 67.2 Å². The molecule has 9 heteroatoms. The van der Waals surface area contributed by atoms with E-state index in [0.29, 0.717) is 17.9 Å². The van der Waals surface area contributed by atoms with Gasteiger partial charge >= 0.3 is 0 Å². The lowest BCUT2D eigenvalue weighted by Gasteiger charge is -2.38. The van der Waals surface area contributed by atoms with Crippen LogP contribution in [0.5, 0.6) is 5.75 Å². The number of benzene rings is 2. The fourth-order valence-electron chi connectivity index (χ4n) is 5.26. The lowest BCUT2D eigenvalue weighted by atomic mass is 9.88. The molecule has 36 heavy (non-hydrogen) atoms. The van der Waals surface area contributed by atoms with Crippen molar-refractivity contribution in [3.63, 3.8) is 0 Å². The number of para-hydroxylation sites is 4. The highest BCUT2D eigenvalue weighted by Crippen LogP contribution is 2.32. The lowest BCUT2D eigenvalue weighted by molar-refractivity contribution is -0.123. The average molecular weight is 515 g/mol. The SMILES string of the molecule is COc1ccccc1N1CCN(CCN(C(=O)C2CCCCC2)c2ccccc2NS(C)(=O)=O)CC1. The summed E-state index contributed by atoms with van der Waals surface area (Å²) in [5, 5.41) is 0. The molecule has 1 amide bonds. The fraction of sp³-hybridized carbons (Fsp3) is 0.519. The van der Waals surface area contributed by atoms with E-state index in [1.165, 1.54) is 6.42 Å². The van der Waals surface area contributed by atoms with Crippen molar-refractivity contribution >= 4 is 33.0 Å². The molecular weight excluding hydrogens is 476 g/mol. The van der Waals surface area contributed by atoms with E-state index < -0.39 is 10.0 Å². The summed E-state index contributed by atoms with van der Waals surface area (Å²) in [5.74, 6) is 0.975. The van der Waals surface area contributed by atoms with Crippen LogP contribution < -0.4 is 19.3 Å². The van der Waals surface area contributed by atoms with E-state index in [-0.39, 0.29) is 11.8 Å². The molecule has 2 fully saturated rings. The number of hydrogen-bond donors (Lipinski definition) is 1. The van der Waals surface area contributed by atoms with E-state index in [0.717, 1.165) is 76.1 Å². The summed E-state index contributed by atoms with van der Waals surface area (Å²) in [7, 11) is -1.77. The van der Waals surface area contributed by atoms with Gasteiger partial charge in [0.15, 0.2) is 0 Å². The molecular formula is C27H38N4O4S. The molecule has 1 saturated heterocycles. The number of carbonyl (C=O) groups is 1. The van der Waals surface area contributed by atoms with Crippen molar-refractivity contribution in [2.24, 2.45) is 5.92 Å². The Morgan fingerprint density at radius 1 is 1.00 bits per heavy atom. The van der Waals surface area contributed by atoms with Crippen LogP contribution in [0.15, 0.2) is 48.5 Å². The summed E-state index contributed by atoms with van der Waals surface area (Å²) in [6, 6.07) is 15.3. The van der Waals surface area contributed by atoms with Gasteiger partial charge in [0.05, 0.1) is 30.4 Å². The Morgan fingerprint density at radius 3 is 2.36 bits per heavy atom. The first kappa shape index (κ1) is 26.3. The first-order chi connectivity index (χ1) is 17.4. The smallest absolute Gasteiger partial charge is 0.230 e.